The number of nitrogens with zero attached hydrogens (tertiary/aromatic N) is 4. The lowest BCUT2D eigenvalue weighted by Crippen LogP contribution is -2.25. The number of aromatic nitrogens is 3. The molecule has 6 heteroatoms. The van der Waals surface area contributed by atoms with E-state index in [9.17, 15) is 0 Å². The van der Waals surface area contributed by atoms with Crippen molar-refractivity contribution < 1.29 is 0 Å². The number of hydrogen-bond acceptors (Lipinski definition) is 6. The zero-order valence-corrected chi connectivity index (χ0v) is 11.8. The van der Waals surface area contributed by atoms with Crippen LogP contribution in [-0.2, 0) is 0 Å². The average molecular weight is 252 g/mol. The van der Waals surface area contributed by atoms with Crippen LogP contribution in [0, 0.1) is 0 Å². The van der Waals surface area contributed by atoms with Gasteiger partial charge in [0.05, 0.1) is 0 Å². The van der Waals surface area contributed by atoms with E-state index in [-0.39, 0.29) is 0 Å². The van der Waals surface area contributed by atoms with E-state index >= 15 is 0 Å². The molecule has 0 aliphatic heterocycles. The summed E-state index contributed by atoms with van der Waals surface area (Å²) in [6, 6.07) is 0. The van der Waals surface area contributed by atoms with Crippen LogP contribution in [0.15, 0.2) is 0 Å². The molecule has 1 aromatic rings. The van der Waals surface area contributed by atoms with Gasteiger partial charge in [-0.25, -0.2) is 0 Å². The van der Waals surface area contributed by atoms with Crippen molar-refractivity contribution >= 4 is 17.8 Å². The number of hydrogen-bond donors (Lipinski definition) is 2. The number of anilines is 3. The fourth-order valence-electron chi connectivity index (χ4n) is 1.58. The average Bonchev–Trinajstić information content (AvgIpc) is 2.40. The van der Waals surface area contributed by atoms with Gasteiger partial charge in [0.2, 0.25) is 17.8 Å². The molecule has 0 radical (unpaired) electrons. The molecular weight excluding hydrogens is 228 g/mol. The highest BCUT2D eigenvalue weighted by Crippen LogP contribution is 2.13. The minimum absolute atomic E-state index is 0.603. The summed E-state index contributed by atoms with van der Waals surface area (Å²) in [5.74, 6) is 1.97. The van der Waals surface area contributed by atoms with Crippen LogP contribution in [-0.4, -0.2) is 41.6 Å². The highest BCUT2D eigenvalue weighted by molar-refractivity contribution is 5.43. The quantitative estimate of drug-likeness (QED) is 0.690. The molecule has 0 unspecified atom stereocenters. The van der Waals surface area contributed by atoms with Gasteiger partial charge in [0.15, 0.2) is 0 Å². The Labute approximate surface area is 109 Å². The summed E-state index contributed by atoms with van der Waals surface area (Å²) in [6.07, 6.45) is 2.26. The molecular formula is C12H24N6. The molecule has 6 nitrogen and oxygen atoms in total. The maximum atomic E-state index is 4.45. The minimum Gasteiger partial charge on any atom is -0.357 e. The highest BCUT2D eigenvalue weighted by Gasteiger charge is 2.09. The van der Waals surface area contributed by atoms with Crippen molar-refractivity contribution in [3.8, 4) is 0 Å². The molecule has 102 valence electrons. The van der Waals surface area contributed by atoms with Gasteiger partial charge < -0.3 is 15.5 Å². The van der Waals surface area contributed by atoms with Gasteiger partial charge in [0.1, 0.15) is 0 Å². The van der Waals surface area contributed by atoms with Gasteiger partial charge in [-0.05, 0) is 20.3 Å². The predicted molar refractivity (Wildman–Crippen MR) is 76.3 cm³/mol. The normalized spacial score (nSPS) is 10.2. The lowest BCUT2D eigenvalue weighted by Gasteiger charge is -2.19. The Kier molecular flexibility index (Phi) is 6.18. The number of nitrogens with one attached hydrogen (secondary N) is 2. The first-order chi connectivity index (χ1) is 8.74. The predicted octanol–water partition coefficient (Wildman–Crippen LogP) is 1.97. The van der Waals surface area contributed by atoms with Gasteiger partial charge in [0, 0.05) is 26.7 Å². The monoisotopic (exact) mass is 252 g/mol. The van der Waals surface area contributed by atoms with Gasteiger partial charge in [-0.2, -0.15) is 15.0 Å². The zero-order valence-electron chi connectivity index (χ0n) is 11.8. The van der Waals surface area contributed by atoms with Gasteiger partial charge in [0.25, 0.3) is 0 Å². The Morgan fingerprint density at radius 3 is 2.22 bits per heavy atom. The van der Waals surface area contributed by atoms with E-state index in [2.05, 4.69) is 51.3 Å². The molecule has 0 saturated carbocycles. The topological polar surface area (TPSA) is 66.0 Å². The Morgan fingerprint density at radius 1 is 1.00 bits per heavy atom. The van der Waals surface area contributed by atoms with Crippen LogP contribution in [0.5, 0.6) is 0 Å². The zero-order chi connectivity index (χ0) is 13.4. The van der Waals surface area contributed by atoms with Crippen molar-refractivity contribution in [3.63, 3.8) is 0 Å². The first-order valence-corrected chi connectivity index (χ1v) is 6.67. The van der Waals surface area contributed by atoms with Gasteiger partial charge in [-0.1, -0.05) is 13.3 Å². The second-order valence-electron chi connectivity index (χ2n) is 3.99. The first kappa shape index (κ1) is 14.5. The van der Waals surface area contributed by atoms with Gasteiger partial charge in [-0.15, -0.1) is 0 Å². The molecule has 18 heavy (non-hydrogen) atoms. The standard InChI is InChI=1S/C12H24N6/c1-5-8-9-14-11-15-10(13-4)16-12(17-11)18(6-2)7-3/h5-9H2,1-4H3,(H2,13,14,15,16,17). The van der Waals surface area contributed by atoms with Crippen LogP contribution in [0.1, 0.15) is 33.6 Å². The molecule has 2 N–H and O–H groups in total. The molecule has 0 aliphatic carbocycles. The van der Waals surface area contributed by atoms with Crippen LogP contribution in [0.2, 0.25) is 0 Å². The largest absolute Gasteiger partial charge is 0.357 e. The lowest BCUT2D eigenvalue weighted by molar-refractivity contribution is 0.800. The fourth-order valence-corrected chi connectivity index (χ4v) is 1.58. The SMILES string of the molecule is CCCCNc1nc(NC)nc(N(CC)CC)n1. The van der Waals surface area contributed by atoms with E-state index in [0.717, 1.165) is 38.4 Å². The summed E-state index contributed by atoms with van der Waals surface area (Å²) in [5.41, 5.74) is 0. The summed E-state index contributed by atoms with van der Waals surface area (Å²) < 4.78 is 0. The van der Waals surface area contributed by atoms with Crippen LogP contribution in [0.3, 0.4) is 0 Å². The van der Waals surface area contributed by atoms with E-state index in [1.807, 2.05) is 7.05 Å². The second-order valence-corrected chi connectivity index (χ2v) is 3.99. The van der Waals surface area contributed by atoms with Gasteiger partial charge in [-0.3, -0.25) is 0 Å². The molecule has 0 spiro atoms. The van der Waals surface area contributed by atoms with Crippen molar-refractivity contribution in [3.05, 3.63) is 0 Å². The van der Waals surface area contributed by atoms with Crippen LogP contribution < -0.4 is 15.5 Å². The van der Waals surface area contributed by atoms with Crippen LogP contribution in [0.25, 0.3) is 0 Å². The molecule has 0 amide bonds. The minimum atomic E-state index is 0.603. The van der Waals surface area contributed by atoms with Gasteiger partial charge >= 0.3 is 0 Å². The molecule has 0 aromatic carbocycles. The summed E-state index contributed by atoms with van der Waals surface area (Å²) in [5, 5.41) is 6.21. The van der Waals surface area contributed by atoms with Crippen molar-refractivity contribution in [1.29, 1.82) is 0 Å². The van der Waals surface area contributed by atoms with E-state index < -0.39 is 0 Å². The molecule has 1 rings (SSSR count). The van der Waals surface area contributed by atoms with Crippen molar-refractivity contribution in [2.75, 3.05) is 42.2 Å². The number of rotatable bonds is 8. The Balaban J connectivity index is 2.86. The Hall–Kier alpha value is -1.59. The maximum absolute atomic E-state index is 4.45. The van der Waals surface area contributed by atoms with E-state index in [4.69, 9.17) is 0 Å². The smallest absolute Gasteiger partial charge is 0.231 e. The van der Waals surface area contributed by atoms with Crippen LogP contribution in [0.4, 0.5) is 17.8 Å². The summed E-state index contributed by atoms with van der Waals surface area (Å²) >= 11 is 0. The van der Waals surface area contributed by atoms with Crippen LogP contribution >= 0.6 is 0 Å². The molecule has 0 atom stereocenters. The van der Waals surface area contributed by atoms with Crippen molar-refractivity contribution in [1.82, 2.24) is 15.0 Å². The molecule has 0 fully saturated rings. The third-order valence-electron chi connectivity index (χ3n) is 2.71. The van der Waals surface area contributed by atoms with E-state index in [1.54, 1.807) is 0 Å². The molecule has 1 aromatic heterocycles. The Bertz CT molecular complexity index is 350. The second kappa shape index (κ2) is 7.68. The maximum Gasteiger partial charge on any atom is 0.231 e. The lowest BCUT2D eigenvalue weighted by atomic mass is 10.3. The number of unbranched alkanes of at least 4 members (excludes halogenated alkanes) is 1. The summed E-state index contributed by atoms with van der Waals surface area (Å²) in [4.78, 5) is 15.2. The molecule has 1 heterocycles. The fraction of sp³-hybridized carbons (Fsp3) is 0.750. The third kappa shape index (κ3) is 4.01. The summed E-state index contributed by atoms with van der Waals surface area (Å²) in [7, 11) is 1.82. The summed E-state index contributed by atoms with van der Waals surface area (Å²) in [6.45, 7) is 9.01. The first-order valence-electron chi connectivity index (χ1n) is 6.67. The molecule has 0 bridgehead atoms. The highest BCUT2D eigenvalue weighted by atomic mass is 15.3. The van der Waals surface area contributed by atoms with Crippen molar-refractivity contribution in [2.45, 2.75) is 33.6 Å². The molecule has 0 saturated heterocycles. The Morgan fingerprint density at radius 2 is 1.67 bits per heavy atom. The third-order valence-corrected chi connectivity index (χ3v) is 2.71. The van der Waals surface area contributed by atoms with E-state index in [1.165, 1.54) is 0 Å². The van der Waals surface area contributed by atoms with E-state index in [0.29, 0.717) is 11.9 Å². The van der Waals surface area contributed by atoms with Crippen molar-refractivity contribution in [2.24, 2.45) is 0 Å². The molecule has 0 aliphatic rings.